The van der Waals surface area contributed by atoms with Crippen LogP contribution in [0.4, 0.5) is 0 Å². The van der Waals surface area contributed by atoms with Gasteiger partial charge in [0.2, 0.25) is 0 Å². The Labute approximate surface area is 202 Å². The molecule has 0 amide bonds. The third-order valence-electron chi connectivity index (χ3n) is 9.93. The van der Waals surface area contributed by atoms with Crippen molar-refractivity contribution in [3.8, 4) is 0 Å². The first kappa shape index (κ1) is 25.8. The smallest absolute Gasteiger partial charge is 0.0916 e. The Morgan fingerprint density at radius 2 is 1.79 bits per heavy atom. The monoisotopic (exact) mass is 477 g/mol. The zero-order chi connectivity index (χ0) is 25.3. The maximum absolute atomic E-state index is 11.6. The zero-order valence-corrected chi connectivity index (χ0v) is 21.2. The Morgan fingerprint density at radius 1 is 1.12 bits per heavy atom. The molecule has 7 unspecified atom stereocenters. The minimum Gasteiger partial charge on any atom is -0.411 e. The lowest BCUT2D eigenvalue weighted by Gasteiger charge is -2.57. The third-order valence-corrected chi connectivity index (χ3v) is 9.93. The fourth-order valence-corrected chi connectivity index (χ4v) is 7.82. The second kappa shape index (κ2) is 8.41. The largest absolute Gasteiger partial charge is 0.411 e. The highest BCUT2D eigenvalue weighted by atomic mass is 16.4. The molecule has 192 valence electrons. The van der Waals surface area contributed by atoms with Gasteiger partial charge in [-0.15, -0.1) is 0 Å². The summed E-state index contributed by atoms with van der Waals surface area (Å²) < 4.78 is 0. The molecule has 34 heavy (non-hydrogen) atoms. The van der Waals surface area contributed by atoms with E-state index in [4.69, 9.17) is 0 Å². The molecule has 6 N–H and O–H groups in total. The number of aliphatic hydroxyl groups excluding tert-OH is 3. The van der Waals surface area contributed by atoms with E-state index in [-0.39, 0.29) is 28.6 Å². The summed E-state index contributed by atoms with van der Waals surface area (Å²) in [7, 11) is 0. The van der Waals surface area contributed by atoms with Gasteiger partial charge in [-0.2, -0.15) is 0 Å². The van der Waals surface area contributed by atoms with Gasteiger partial charge in [0, 0.05) is 11.8 Å². The summed E-state index contributed by atoms with van der Waals surface area (Å²) in [6.45, 7) is 9.43. The summed E-state index contributed by atoms with van der Waals surface area (Å²) in [5, 5.41) is 66.9. The molecule has 0 radical (unpaired) electrons. The van der Waals surface area contributed by atoms with E-state index in [9.17, 15) is 30.7 Å². The minimum absolute atomic E-state index is 0.126. The van der Waals surface area contributed by atoms with Gasteiger partial charge in [0.05, 0.1) is 35.2 Å². The highest BCUT2D eigenvalue weighted by Crippen LogP contribution is 2.65. The number of hydrogen-bond donors (Lipinski definition) is 6. The molecule has 4 aliphatic rings. The molecule has 0 aromatic heterocycles. The quantitative estimate of drug-likeness (QED) is 0.266. The molecule has 2 fully saturated rings. The highest BCUT2D eigenvalue weighted by Gasteiger charge is 2.60. The van der Waals surface area contributed by atoms with E-state index < -0.39 is 29.5 Å². The van der Waals surface area contributed by atoms with Crippen molar-refractivity contribution in [3.63, 3.8) is 0 Å². The van der Waals surface area contributed by atoms with Gasteiger partial charge in [0.15, 0.2) is 0 Å². The van der Waals surface area contributed by atoms with Crippen LogP contribution >= 0.6 is 0 Å². The molecular weight excluding hydrogens is 434 g/mol. The molecule has 0 heterocycles. The first-order valence-corrected chi connectivity index (χ1v) is 12.8. The summed E-state index contributed by atoms with van der Waals surface area (Å²) in [6, 6.07) is 0. The van der Waals surface area contributed by atoms with E-state index in [2.05, 4.69) is 25.1 Å². The van der Waals surface area contributed by atoms with E-state index in [0.29, 0.717) is 37.8 Å². The fourth-order valence-electron chi connectivity index (χ4n) is 7.82. The molecule has 7 heteroatoms. The number of fused-ring (bicyclic) bond motifs is 5. The molecule has 0 aromatic carbocycles. The van der Waals surface area contributed by atoms with Gasteiger partial charge < -0.3 is 30.7 Å². The first-order chi connectivity index (χ1) is 15.6. The molecule has 9 atom stereocenters. The van der Waals surface area contributed by atoms with Crippen molar-refractivity contribution >= 4 is 5.71 Å². The highest BCUT2D eigenvalue weighted by molar-refractivity contribution is 5.99. The molecular formula is C27H43NO6. The lowest BCUT2D eigenvalue weighted by Crippen LogP contribution is -2.56. The Kier molecular flexibility index (Phi) is 6.39. The van der Waals surface area contributed by atoms with Crippen LogP contribution in [0.25, 0.3) is 0 Å². The van der Waals surface area contributed by atoms with E-state index in [1.807, 2.05) is 6.08 Å². The molecule has 2 saturated carbocycles. The van der Waals surface area contributed by atoms with Crippen molar-refractivity contribution in [2.24, 2.45) is 33.7 Å². The van der Waals surface area contributed by atoms with Crippen molar-refractivity contribution in [2.45, 2.75) is 109 Å². The van der Waals surface area contributed by atoms with Crippen LogP contribution in [0.1, 0.15) is 79.6 Å². The van der Waals surface area contributed by atoms with Crippen molar-refractivity contribution in [2.75, 3.05) is 0 Å². The van der Waals surface area contributed by atoms with Crippen LogP contribution in [0.2, 0.25) is 0 Å². The average molecular weight is 478 g/mol. The SMILES string of the molecule is CC(C)(O)CCC(O)C(C)(O)C1CC=C2C3=C/C(=N\O)C4CC(O)C(O)C[C@]4(C)C3CC[C@@]21C. The maximum atomic E-state index is 11.6. The van der Waals surface area contributed by atoms with Crippen molar-refractivity contribution < 1.29 is 30.7 Å². The first-order valence-electron chi connectivity index (χ1n) is 12.8. The number of nitrogens with zero attached hydrogens (tertiary/aromatic N) is 1. The predicted octanol–water partition coefficient (Wildman–Crippen LogP) is 2.92. The topological polar surface area (TPSA) is 134 Å². The molecule has 7 nitrogen and oxygen atoms in total. The second-order valence-corrected chi connectivity index (χ2v) is 12.8. The number of aliphatic hydroxyl groups is 5. The van der Waals surface area contributed by atoms with Crippen molar-refractivity contribution in [1.29, 1.82) is 0 Å². The van der Waals surface area contributed by atoms with Gasteiger partial charge in [-0.3, -0.25) is 0 Å². The van der Waals surface area contributed by atoms with Crippen LogP contribution in [0, 0.1) is 28.6 Å². The van der Waals surface area contributed by atoms with E-state index in [1.165, 1.54) is 0 Å². The van der Waals surface area contributed by atoms with Gasteiger partial charge in [-0.05, 0) is 99.7 Å². The van der Waals surface area contributed by atoms with Crippen molar-refractivity contribution in [3.05, 3.63) is 23.3 Å². The Morgan fingerprint density at radius 3 is 2.41 bits per heavy atom. The predicted molar refractivity (Wildman–Crippen MR) is 129 cm³/mol. The van der Waals surface area contributed by atoms with Crippen LogP contribution in [0.3, 0.4) is 0 Å². The molecule has 0 aliphatic heterocycles. The van der Waals surface area contributed by atoms with Gasteiger partial charge in [0.1, 0.15) is 0 Å². The van der Waals surface area contributed by atoms with Crippen LogP contribution in [0.15, 0.2) is 28.5 Å². The van der Waals surface area contributed by atoms with Gasteiger partial charge in [0.25, 0.3) is 0 Å². The van der Waals surface area contributed by atoms with E-state index >= 15 is 0 Å². The summed E-state index contributed by atoms with van der Waals surface area (Å²) in [5.74, 6) is -0.153. The van der Waals surface area contributed by atoms with Gasteiger partial charge in [-0.1, -0.05) is 25.1 Å². The van der Waals surface area contributed by atoms with Crippen LogP contribution in [0.5, 0.6) is 0 Å². The number of oxime groups is 1. The minimum atomic E-state index is -1.33. The number of allylic oxidation sites excluding steroid dienone is 4. The lowest BCUT2D eigenvalue weighted by atomic mass is 9.47. The van der Waals surface area contributed by atoms with Gasteiger partial charge in [-0.25, -0.2) is 0 Å². The second-order valence-electron chi connectivity index (χ2n) is 12.8. The zero-order valence-electron chi connectivity index (χ0n) is 21.2. The van der Waals surface area contributed by atoms with E-state index in [1.54, 1.807) is 20.8 Å². The molecule has 0 spiro atoms. The Hall–Kier alpha value is -1.25. The number of hydrogen-bond acceptors (Lipinski definition) is 7. The standard InChI is InChI=1S/C27H43NO6/c1-24(2,32)10-9-23(31)27(5,33)22-7-6-16-15-12-19(28-34)18-13-20(29)21(30)14-26(18,4)17(15)8-11-25(16,22)3/h6,12,17-18,20-23,29-34H,7-11,13-14H2,1-5H3/b28-19+/t17?,18?,20?,21?,22?,23?,25-,26+,27?/m0/s1. The Balaban J connectivity index is 1.65. The van der Waals surface area contributed by atoms with Crippen LogP contribution in [-0.4, -0.2) is 66.0 Å². The maximum Gasteiger partial charge on any atom is 0.0916 e. The van der Waals surface area contributed by atoms with Crippen molar-refractivity contribution in [1.82, 2.24) is 0 Å². The molecule has 0 bridgehead atoms. The van der Waals surface area contributed by atoms with E-state index in [0.717, 1.165) is 24.0 Å². The summed E-state index contributed by atoms with van der Waals surface area (Å²) >= 11 is 0. The normalized spacial score (nSPS) is 43.8. The number of rotatable bonds is 5. The average Bonchev–Trinajstić information content (AvgIpc) is 3.10. The fraction of sp³-hybridized carbons (Fsp3) is 0.815. The third kappa shape index (κ3) is 3.97. The van der Waals surface area contributed by atoms with Crippen LogP contribution in [-0.2, 0) is 0 Å². The molecule has 4 aliphatic carbocycles. The molecule has 0 aromatic rings. The lowest BCUT2D eigenvalue weighted by molar-refractivity contribution is -0.134. The van der Waals surface area contributed by atoms with Gasteiger partial charge >= 0.3 is 0 Å². The summed E-state index contributed by atoms with van der Waals surface area (Å²) in [4.78, 5) is 0. The molecule has 0 saturated heterocycles. The Bertz CT molecular complexity index is 901. The summed E-state index contributed by atoms with van der Waals surface area (Å²) in [5.41, 5.74) is -0.123. The molecule has 4 rings (SSSR count). The summed E-state index contributed by atoms with van der Waals surface area (Å²) in [6.07, 6.45) is 5.41. The van der Waals surface area contributed by atoms with Crippen LogP contribution < -0.4 is 0 Å².